The van der Waals surface area contributed by atoms with Crippen molar-refractivity contribution < 1.29 is 4.79 Å². The van der Waals surface area contributed by atoms with Crippen LogP contribution in [0.25, 0.3) is 16.9 Å². The molecule has 0 spiro atoms. The summed E-state index contributed by atoms with van der Waals surface area (Å²) in [6, 6.07) is 26.7. The zero-order valence-electron chi connectivity index (χ0n) is 19.6. The van der Waals surface area contributed by atoms with Crippen molar-refractivity contribution in [2.24, 2.45) is 0 Å². The number of benzene rings is 3. The molecule has 3 heterocycles. The molecule has 3 aromatic carbocycles. The minimum atomic E-state index is 0.0307. The molecule has 4 aromatic rings. The second-order valence-electron chi connectivity index (χ2n) is 9.50. The molecule has 5 nitrogen and oxygen atoms in total. The smallest absolute Gasteiger partial charge is 0.262 e. The maximum atomic E-state index is 14.3. The third-order valence-corrected chi connectivity index (χ3v) is 7.18. The molecular formula is C29H28N4O. The van der Waals surface area contributed by atoms with Crippen LogP contribution in [0.15, 0.2) is 85.1 Å². The molecule has 0 saturated carbocycles. The third-order valence-electron chi connectivity index (χ3n) is 7.18. The number of carbonyl (C=O) groups excluding carboxylic acids is 1. The van der Waals surface area contributed by atoms with E-state index in [9.17, 15) is 4.79 Å². The van der Waals surface area contributed by atoms with Gasteiger partial charge in [-0.3, -0.25) is 4.79 Å². The number of hydrogen-bond acceptors (Lipinski definition) is 3. The van der Waals surface area contributed by atoms with E-state index in [1.54, 1.807) is 0 Å². The van der Waals surface area contributed by atoms with E-state index >= 15 is 0 Å². The van der Waals surface area contributed by atoms with Crippen LogP contribution in [-0.4, -0.2) is 46.8 Å². The maximum Gasteiger partial charge on any atom is 0.262 e. The monoisotopic (exact) mass is 448 g/mol. The van der Waals surface area contributed by atoms with Gasteiger partial charge in [-0.2, -0.15) is 5.10 Å². The average Bonchev–Trinajstić information content (AvgIpc) is 3.45. The van der Waals surface area contributed by atoms with Crippen LogP contribution in [0.2, 0.25) is 0 Å². The molecule has 0 radical (unpaired) electrons. The van der Waals surface area contributed by atoms with Crippen LogP contribution in [0, 0.1) is 6.92 Å². The summed E-state index contributed by atoms with van der Waals surface area (Å²) in [7, 11) is 2.17. The Morgan fingerprint density at radius 3 is 2.47 bits per heavy atom. The predicted octanol–water partition coefficient (Wildman–Crippen LogP) is 5.30. The van der Waals surface area contributed by atoms with Crippen LogP contribution in [0.3, 0.4) is 0 Å². The molecule has 0 N–H and O–H groups in total. The Labute approximate surface area is 200 Å². The predicted molar refractivity (Wildman–Crippen MR) is 136 cm³/mol. The van der Waals surface area contributed by atoms with Gasteiger partial charge >= 0.3 is 0 Å². The highest BCUT2D eigenvalue weighted by Crippen LogP contribution is 2.46. The minimum Gasteiger partial charge on any atom is -0.306 e. The molecule has 5 heteroatoms. The normalized spacial score (nSPS) is 19.6. The Hall–Kier alpha value is -3.70. The van der Waals surface area contributed by atoms with Crippen LogP contribution >= 0.6 is 0 Å². The van der Waals surface area contributed by atoms with Gasteiger partial charge in [0.05, 0.1) is 11.3 Å². The topological polar surface area (TPSA) is 41.4 Å². The van der Waals surface area contributed by atoms with Gasteiger partial charge in [0.2, 0.25) is 0 Å². The fraction of sp³-hybridized carbons (Fsp3) is 0.241. The highest BCUT2D eigenvalue weighted by molar-refractivity contribution is 6.11. The molecule has 1 fully saturated rings. The number of para-hydroxylation sites is 1. The molecule has 34 heavy (non-hydrogen) atoms. The Kier molecular flexibility index (Phi) is 5.07. The SMILES string of the molecule is Cc1ccc2c(c1)[C@H]1CN(C)CC[C@@H]1N2C(=O)c1cn(-c2ccccc2)nc1-c1ccccc1. The second kappa shape index (κ2) is 8.26. The van der Waals surface area contributed by atoms with E-state index in [1.807, 2.05) is 71.5 Å². The number of likely N-dealkylation sites (N-methyl/N-ethyl adjacent to an activating group) is 1. The number of hydrogen-bond donors (Lipinski definition) is 0. The van der Waals surface area contributed by atoms with Gasteiger partial charge in [0.15, 0.2) is 0 Å². The van der Waals surface area contributed by atoms with Gasteiger partial charge in [-0.25, -0.2) is 4.68 Å². The zero-order chi connectivity index (χ0) is 23.2. The molecule has 0 aliphatic carbocycles. The van der Waals surface area contributed by atoms with Crippen molar-refractivity contribution in [1.82, 2.24) is 14.7 Å². The highest BCUT2D eigenvalue weighted by Gasteiger charge is 2.44. The fourth-order valence-corrected chi connectivity index (χ4v) is 5.53. The van der Waals surface area contributed by atoms with Crippen LogP contribution < -0.4 is 4.90 Å². The molecule has 0 unspecified atom stereocenters. The molecule has 170 valence electrons. The first-order valence-electron chi connectivity index (χ1n) is 11.9. The number of nitrogens with zero attached hydrogens (tertiary/aromatic N) is 4. The van der Waals surface area contributed by atoms with Crippen molar-refractivity contribution in [2.45, 2.75) is 25.3 Å². The molecule has 1 saturated heterocycles. The lowest BCUT2D eigenvalue weighted by Gasteiger charge is -2.36. The summed E-state index contributed by atoms with van der Waals surface area (Å²) < 4.78 is 1.83. The van der Waals surface area contributed by atoms with Gasteiger partial charge in [-0.15, -0.1) is 0 Å². The first kappa shape index (κ1) is 20.9. The number of aryl methyl sites for hydroxylation is 1. The van der Waals surface area contributed by atoms with Crippen molar-refractivity contribution in [2.75, 3.05) is 25.0 Å². The van der Waals surface area contributed by atoms with Gasteiger partial charge in [0.25, 0.3) is 5.91 Å². The van der Waals surface area contributed by atoms with Crippen molar-refractivity contribution in [1.29, 1.82) is 0 Å². The van der Waals surface area contributed by atoms with Crippen molar-refractivity contribution in [3.8, 4) is 16.9 Å². The third kappa shape index (κ3) is 3.44. The lowest BCUT2D eigenvalue weighted by molar-refractivity contribution is 0.0965. The number of anilines is 1. The number of fused-ring (bicyclic) bond motifs is 3. The van der Waals surface area contributed by atoms with Crippen LogP contribution in [0.4, 0.5) is 5.69 Å². The average molecular weight is 449 g/mol. The number of likely N-dealkylation sites (tertiary alicyclic amines) is 1. The van der Waals surface area contributed by atoms with Crippen LogP contribution in [0.1, 0.15) is 33.8 Å². The fourth-order valence-electron chi connectivity index (χ4n) is 5.53. The lowest BCUT2D eigenvalue weighted by Crippen LogP contribution is -2.47. The molecule has 2 atom stereocenters. The summed E-state index contributed by atoms with van der Waals surface area (Å²) in [5.74, 6) is 0.366. The number of amides is 1. The first-order valence-corrected chi connectivity index (χ1v) is 11.9. The summed E-state index contributed by atoms with van der Waals surface area (Å²) >= 11 is 0. The quantitative estimate of drug-likeness (QED) is 0.427. The number of aromatic nitrogens is 2. The zero-order valence-corrected chi connectivity index (χ0v) is 19.6. The van der Waals surface area contributed by atoms with E-state index in [1.165, 1.54) is 11.1 Å². The number of piperidine rings is 1. The Balaban J connectivity index is 1.48. The minimum absolute atomic E-state index is 0.0307. The molecular weight excluding hydrogens is 420 g/mol. The van der Waals surface area contributed by atoms with E-state index in [2.05, 4.69) is 42.0 Å². The Morgan fingerprint density at radius 1 is 0.971 bits per heavy atom. The van der Waals surface area contributed by atoms with E-state index in [4.69, 9.17) is 5.10 Å². The lowest BCUT2D eigenvalue weighted by atomic mass is 9.88. The molecule has 2 aliphatic rings. The maximum absolute atomic E-state index is 14.3. The standard InChI is InChI=1S/C29H28N4O/c1-20-13-14-26-23(17-20)24-18-31(2)16-15-27(24)33(26)29(34)25-19-32(22-11-7-4-8-12-22)30-28(25)21-9-5-3-6-10-21/h3-14,17,19,24,27H,15-16,18H2,1-2H3/t24-,27+/m1/s1. The molecule has 6 rings (SSSR count). The van der Waals surface area contributed by atoms with E-state index < -0.39 is 0 Å². The Bertz CT molecular complexity index is 1350. The van der Waals surface area contributed by atoms with Gasteiger partial charge < -0.3 is 9.80 Å². The van der Waals surface area contributed by atoms with E-state index in [0.717, 1.165) is 42.1 Å². The molecule has 0 bridgehead atoms. The van der Waals surface area contributed by atoms with Gasteiger partial charge in [-0.1, -0.05) is 66.2 Å². The first-order chi connectivity index (χ1) is 16.6. The van der Waals surface area contributed by atoms with Crippen molar-refractivity contribution in [3.63, 3.8) is 0 Å². The molecule has 2 aliphatic heterocycles. The van der Waals surface area contributed by atoms with Crippen molar-refractivity contribution in [3.05, 3.63) is 102 Å². The van der Waals surface area contributed by atoms with E-state index in [0.29, 0.717) is 11.5 Å². The second-order valence-corrected chi connectivity index (χ2v) is 9.50. The van der Waals surface area contributed by atoms with Gasteiger partial charge in [-0.05, 0) is 50.7 Å². The summed E-state index contributed by atoms with van der Waals surface area (Å²) in [6.45, 7) is 4.09. The van der Waals surface area contributed by atoms with Crippen LogP contribution in [-0.2, 0) is 0 Å². The van der Waals surface area contributed by atoms with Crippen LogP contribution in [0.5, 0.6) is 0 Å². The summed E-state index contributed by atoms with van der Waals surface area (Å²) in [4.78, 5) is 18.8. The van der Waals surface area contributed by atoms with Gasteiger partial charge in [0, 0.05) is 36.0 Å². The summed E-state index contributed by atoms with van der Waals surface area (Å²) in [5.41, 5.74) is 6.83. The van der Waals surface area contributed by atoms with Crippen molar-refractivity contribution >= 4 is 11.6 Å². The highest BCUT2D eigenvalue weighted by atomic mass is 16.2. The summed E-state index contributed by atoms with van der Waals surface area (Å²) in [6.07, 6.45) is 2.87. The molecule has 1 amide bonds. The number of rotatable bonds is 3. The summed E-state index contributed by atoms with van der Waals surface area (Å²) in [5, 5.41) is 4.89. The van der Waals surface area contributed by atoms with E-state index in [-0.39, 0.29) is 11.9 Å². The Morgan fingerprint density at radius 2 is 1.71 bits per heavy atom. The molecule has 1 aromatic heterocycles. The number of carbonyl (C=O) groups is 1. The van der Waals surface area contributed by atoms with Gasteiger partial charge in [0.1, 0.15) is 5.69 Å². The largest absolute Gasteiger partial charge is 0.306 e.